The van der Waals surface area contributed by atoms with Crippen molar-refractivity contribution in [3.8, 4) is 0 Å². The van der Waals surface area contributed by atoms with Crippen LogP contribution in [0.25, 0.3) is 0 Å². The lowest BCUT2D eigenvalue weighted by molar-refractivity contribution is -0.122. The summed E-state index contributed by atoms with van der Waals surface area (Å²) in [7, 11) is 5.99. The standard InChI is InChI=1S/C19H28N4O/c1-14(2)18(19-20-12-13-23(19)5)21-17(24)11-8-15-6-9-16(10-7-15)22(3)4/h6-7,9-10,12-14,18H,8,11H2,1-5H3,(H,21,24). The van der Waals surface area contributed by atoms with Gasteiger partial charge in [-0.05, 0) is 30.0 Å². The molecule has 1 aromatic heterocycles. The first-order chi connectivity index (χ1) is 11.4. The van der Waals surface area contributed by atoms with E-state index < -0.39 is 0 Å². The second-order valence-corrected chi connectivity index (χ2v) is 6.75. The number of carbonyl (C=O) groups is 1. The largest absolute Gasteiger partial charge is 0.378 e. The summed E-state index contributed by atoms with van der Waals surface area (Å²) in [6.07, 6.45) is 4.90. The minimum atomic E-state index is -0.0615. The number of hydrogen-bond donors (Lipinski definition) is 1. The molecule has 1 aromatic carbocycles. The minimum absolute atomic E-state index is 0.0615. The number of amides is 1. The normalized spacial score (nSPS) is 12.2. The van der Waals surface area contributed by atoms with Gasteiger partial charge in [-0.2, -0.15) is 0 Å². The van der Waals surface area contributed by atoms with Crippen molar-refractivity contribution in [2.24, 2.45) is 13.0 Å². The van der Waals surface area contributed by atoms with Crippen LogP contribution in [0.5, 0.6) is 0 Å². The third kappa shape index (κ3) is 4.60. The average molecular weight is 328 g/mol. The number of aromatic nitrogens is 2. The van der Waals surface area contributed by atoms with Crippen molar-refractivity contribution in [2.45, 2.75) is 32.7 Å². The van der Waals surface area contributed by atoms with Crippen LogP contribution in [-0.4, -0.2) is 29.6 Å². The highest BCUT2D eigenvalue weighted by atomic mass is 16.1. The maximum Gasteiger partial charge on any atom is 0.220 e. The first kappa shape index (κ1) is 18.0. The topological polar surface area (TPSA) is 50.2 Å². The highest BCUT2D eigenvalue weighted by molar-refractivity contribution is 5.76. The first-order valence-corrected chi connectivity index (χ1v) is 8.41. The van der Waals surface area contributed by atoms with Gasteiger partial charge in [-0.25, -0.2) is 4.98 Å². The Kier molecular flexibility index (Phi) is 6.01. The van der Waals surface area contributed by atoms with Crippen molar-refractivity contribution in [3.63, 3.8) is 0 Å². The van der Waals surface area contributed by atoms with E-state index in [4.69, 9.17) is 0 Å². The van der Waals surface area contributed by atoms with Crippen molar-refractivity contribution in [2.75, 3.05) is 19.0 Å². The maximum absolute atomic E-state index is 12.4. The van der Waals surface area contributed by atoms with Crippen LogP contribution in [0.4, 0.5) is 5.69 Å². The van der Waals surface area contributed by atoms with Crippen molar-refractivity contribution < 1.29 is 4.79 Å². The lowest BCUT2D eigenvalue weighted by atomic mass is 10.0. The second kappa shape index (κ2) is 7.99. The Hall–Kier alpha value is -2.30. The molecule has 2 rings (SSSR count). The van der Waals surface area contributed by atoms with Crippen LogP contribution in [0.3, 0.4) is 0 Å². The van der Waals surface area contributed by atoms with Gasteiger partial charge in [0.25, 0.3) is 0 Å². The third-order valence-corrected chi connectivity index (χ3v) is 4.21. The summed E-state index contributed by atoms with van der Waals surface area (Å²) in [5.41, 5.74) is 2.34. The zero-order valence-corrected chi connectivity index (χ0v) is 15.3. The fourth-order valence-corrected chi connectivity index (χ4v) is 2.67. The Balaban J connectivity index is 1.93. The molecule has 0 aliphatic heterocycles. The summed E-state index contributed by atoms with van der Waals surface area (Å²) in [4.78, 5) is 18.8. The number of carbonyl (C=O) groups excluding carboxylic acids is 1. The SMILES string of the molecule is CC(C)C(NC(=O)CCc1ccc(N(C)C)cc1)c1nccn1C. The van der Waals surface area contributed by atoms with Gasteiger partial charge in [0.05, 0.1) is 6.04 Å². The minimum Gasteiger partial charge on any atom is -0.378 e. The monoisotopic (exact) mass is 328 g/mol. The van der Waals surface area contributed by atoms with E-state index in [-0.39, 0.29) is 17.9 Å². The van der Waals surface area contributed by atoms with Crippen LogP contribution >= 0.6 is 0 Å². The Morgan fingerprint density at radius 2 is 1.92 bits per heavy atom. The molecule has 1 N–H and O–H groups in total. The van der Waals surface area contributed by atoms with Crippen LogP contribution in [-0.2, 0) is 18.3 Å². The van der Waals surface area contributed by atoms with Crippen molar-refractivity contribution >= 4 is 11.6 Å². The highest BCUT2D eigenvalue weighted by Crippen LogP contribution is 2.20. The van der Waals surface area contributed by atoms with Gasteiger partial charge >= 0.3 is 0 Å². The summed E-state index contributed by atoms with van der Waals surface area (Å²) in [5.74, 6) is 1.25. The van der Waals surface area contributed by atoms with Gasteiger partial charge in [0.1, 0.15) is 5.82 Å². The van der Waals surface area contributed by atoms with E-state index in [0.717, 1.165) is 17.9 Å². The summed E-state index contributed by atoms with van der Waals surface area (Å²) in [6.45, 7) is 4.19. The lowest BCUT2D eigenvalue weighted by Crippen LogP contribution is -2.33. The zero-order valence-electron chi connectivity index (χ0n) is 15.3. The molecule has 0 saturated heterocycles. The van der Waals surface area contributed by atoms with Gasteiger partial charge in [0.2, 0.25) is 5.91 Å². The molecule has 1 amide bonds. The average Bonchev–Trinajstić information content (AvgIpc) is 2.96. The predicted molar refractivity (Wildman–Crippen MR) is 98.0 cm³/mol. The molecule has 1 atom stereocenters. The van der Waals surface area contributed by atoms with Gasteiger partial charge in [0.15, 0.2) is 0 Å². The lowest BCUT2D eigenvalue weighted by Gasteiger charge is -2.22. The fraction of sp³-hybridized carbons (Fsp3) is 0.474. The van der Waals surface area contributed by atoms with Crippen LogP contribution in [0.2, 0.25) is 0 Å². The van der Waals surface area contributed by atoms with E-state index in [9.17, 15) is 4.79 Å². The van der Waals surface area contributed by atoms with Gasteiger partial charge in [-0.1, -0.05) is 26.0 Å². The van der Waals surface area contributed by atoms with Crippen molar-refractivity contribution in [1.82, 2.24) is 14.9 Å². The molecule has 0 spiro atoms. The highest BCUT2D eigenvalue weighted by Gasteiger charge is 2.21. The van der Waals surface area contributed by atoms with Gasteiger partial charge < -0.3 is 14.8 Å². The summed E-state index contributed by atoms with van der Waals surface area (Å²) < 4.78 is 1.96. The fourth-order valence-electron chi connectivity index (χ4n) is 2.67. The molecule has 0 aliphatic rings. The molecule has 5 nitrogen and oxygen atoms in total. The van der Waals surface area contributed by atoms with Crippen LogP contribution < -0.4 is 10.2 Å². The van der Waals surface area contributed by atoms with Crippen LogP contribution in [0.1, 0.15) is 37.7 Å². The van der Waals surface area contributed by atoms with E-state index >= 15 is 0 Å². The van der Waals surface area contributed by atoms with Crippen molar-refractivity contribution in [1.29, 1.82) is 0 Å². The van der Waals surface area contributed by atoms with Gasteiger partial charge in [-0.3, -0.25) is 4.79 Å². The molecule has 0 fully saturated rings. The number of anilines is 1. The Morgan fingerprint density at radius 3 is 2.42 bits per heavy atom. The van der Waals surface area contributed by atoms with E-state index in [1.807, 2.05) is 31.9 Å². The molecule has 130 valence electrons. The molecular weight excluding hydrogens is 300 g/mol. The number of hydrogen-bond acceptors (Lipinski definition) is 3. The second-order valence-electron chi connectivity index (χ2n) is 6.75. The molecule has 5 heteroatoms. The summed E-state index contributed by atoms with van der Waals surface area (Å²) in [6, 6.07) is 8.27. The zero-order chi connectivity index (χ0) is 17.7. The molecule has 0 saturated carbocycles. The van der Waals surface area contributed by atoms with Gasteiger partial charge in [-0.15, -0.1) is 0 Å². The van der Waals surface area contributed by atoms with E-state index in [1.165, 1.54) is 5.56 Å². The van der Waals surface area contributed by atoms with E-state index in [2.05, 4.69) is 53.3 Å². The smallest absolute Gasteiger partial charge is 0.220 e. The molecule has 24 heavy (non-hydrogen) atoms. The molecule has 0 bridgehead atoms. The quantitative estimate of drug-likeness (QED) is 0.850. The van der Waals surface area contributed by atoms with Gasteiger partial charge in [0, 0.05) is 45.6 Å². The molecule has 0 aliphatic carbocycles. The Labute approximate surface area is 144 Å². The number of nitrogens with zero attached hydrogens (tertiary/aromatic N) is 3. The molecular formula is C19H28N4O. The number of rotatable bonds is 7. The summed E-state index contributed by atoms with van der Waals surface area (Å²) in [5, 5.41) is 3.13. The van der Waals surface area contributed by atoms with Crippen molar-refractivity contribution in [3.05, 3.63) is 48.0 Å². The number of imidazole rings is 1. The van der Waals surface area contributed by atoms with Crippen LogP contribution in [0, 0.1) is 5.92 Å². The number of benzene rings is 1. The van der Waals surface area contributed by atoms with Crippen LogP contribution in [0.15, 0.2) is 36.7 Å². The third-order valence-electron chi connectivity index (χ3n) is 4.21. The molecule has 1 heterocycles. The molecule has 2 aromatic rings. The number of nitrogens with one attached hydrogen (secondary N) is 1. The summed E-state index contributed by atoms with van der Waals surface area (Å²) >= 11 is 0. The molecule has 1 unspecified atom stereocenters. The predicted octanol–water partition coefficient (Wildman–Crippen LogP) is 2.93. The Morgan fingerprint density at radius 1 is 1.25 bits per heavy atom. The van der Waals surface area contributed by atoms with E-state index in [0.29, 0.717) is 6.42 Å². The van der Waals surface area contributed by atoms with E-state index in [1.54, 1.807) is 6.20 Å². The Bertz CT molecular complexity index is 658. The molecule has 0 radical (unpaired) electrons. The number of aryl methyl sites for hydroxylation is 2. The first-order valence-electron chi connectivity index (χ1n) is 8.41. The maximum atomic E-state index is 12.4.